The van der Waals surface area contributed by atoms with E-state index >= 15 is 0 Å². The largest absolute Gasteiger partial charge is 0.375 e. The minimum atomic E-state index is -0.700. The van der Waals surface area contributed by atoms with Gasteiger partial charge in [-0.25, -0.2) is 4.79 Å². The highest BCUT2D eigenvalue weighted by atomic mass is 16.2. The Hall–Kier alpha value is -3.61. The van der Waals surface area contributed by atoms with Crippen LogP contribution in [0.3, 0.4) is 0 Å². The normalized spacial score (nSPS) is 18.2. The van der Waals surface area contributed by atoms with Gasteiger partial charge in [-0.2, -0.15) is 0 Å². The number of anilines is 1. The van der Waals surface area contributed by atoms with Crippen LogP contribution in [0.25, 0.3) is 0 Å². The van der Waals surface area contributed by atoms with E-state index in [-0.39, 0.29) is 17.4 Å². The first-order valence-electron chi connectivity index (χ1n) is 11.0. The first kappa shape index (κ1) is 21.6. The SMILES string of the molecule is Cc1ccc(CNc2c(C(=O)N[C@H]3CC[C@@H](c4ccccc4)CC3)[nH]c(=O)[nH]c2=O)cc1. The summed E-state index contributed by atoms with van der Waals surface area (Å²) in [5, 5.41) is 6.02. The van der Waals surface area contributed by atoms with Gasteiger partial charge < -0.3 is 15.6 Å². The number of benzene rings is 2. The molecule has 2 aromatic carbocycles. The summed E-state index contributed by atoms with van der Waals surface area (Å²) in [5.74, 6) is 0.0539. The molecule has 0 unspecified atom stereocenters. The highest BCUT2D eigenvalue weighted by molar-refractivity contribution is 5.97. The quantitative estimate of drug-likeness (QED) is 0.479. The number of aromatic amines is 2. The van der Waals surface area contributed by atoms with Gasteiger partial charge in [-0.3, -0.25) is 14.6 Å². The maximum Gasteiger partial charge on any atom is 0.326 e. The van der Waals surface area contributed by atoms with E-state index < -0.39 is 17.2 Å². The van der Waals surface area contributed by atoms with E-state index in [1.54, 1.807) is 0 Å². The van der Waals surface area contributed by atoms with E-state index in [1.807, 2.05) is 37.3 Å². The van der Waals surface area contributed by atoms with Crippen LogP contribution in [0, 0.1) is 6.92 Å². The maximum absolute atomic E-state index is 13.0. The van der Waals surface area contributed by atoms with Crippen LogP contribution in [0.1, 0.15) is 58.8 Å². The van der Waals surface area contributed by atoms with E-state index in [2.05, 4.69) is 44.9 Å². The van der Waals surface area contributed by atoms with E-state index in [9.17, 15) is 14.4 Å². The van der Waals surface area contributed by atoms with Crippen molar-refractivity contribution >= 4 is 11.6 Å². The van der Waals surface area contributed by atoms with Crippen LogP contribution in [0.15, 0.2) is 64.2 Å². The van der Waals surface area contributed by atoms with Crippen molar-refractivity contribution in [2.75, 3.05) is 5.32 Å². The Morgan fingerprint density at radius 2 is 1.62 bits per heavy atom. The first-order chi connectivity index (χ1) is 15.5. The van der Waals surface area contributed by atoms with Crippen LogP contribution in [-0.2, 0) is 6.54 Å². The van der Waals surface area contributed by atoms with Gasteiger partial charge in [-0.05, 0) is 49.7 Å². The summed E-state index contributed by atoms with van der Waals surface area (Å²) < 4.78 is 0. The second-order valence-corrected chi connectivity index (χ2v) is 8.43. The molecule has 4 N–H and O–H groups in total. The van der Waals surface area contributed by atoms with Gasteiger partial charge >= 0.3 is 5.69 Å². The Bertz CT molecular complexity index is 1170. The third-order valence-electron chi connectivity index (χ3n) is 6.09. The van der Waals surface area contributed by atoms with E-state index in [4.69, 9.17) is 0 Å². The molecule has 166 valence electrons. The fourth-order valence-corrected chi connectivity index (χ4v) is 4.28. The Labute approximate surface area is 186 Å². The van der Waals surface area contributed by atoms with Gasteiger partial charge in [0.25, 0.3) is 11.5 Å². The molecule has 1 heterocycles. The summed E-state index contributed by atoms with van der Waals surface area (Å²) in [6.07, 6.45) is 3.68. The molecule has 32 heavy (non-hydrogen) atoms. The van der Waals surface area contributed by atoms with Crippen molar-refractivity contribution in [2.45, 2.75) is 51.1 Å². The summed E-state index contributed by atoms with van der Waals surface area (Å²) in [4.78, 5) is 41.9. The molecule has 7 heteroatoms. The molecule has 1 saturated carbocycles. The number of hydrogen-bond donors (Lipinski definition) is 4. The molecule has 0 saturated heterocycles. The smallest absolute Gasteiger partial charge is 0.326 e. The van der Waals surface area contributed by atoms with Crippen LogP contribution in [0.2, 0.25) is 0 Å². The number of carbonyl (C=O) groups is 1. The average Bonchev–Trinajstić information content (AvgIpc) is 2.80. The molecule has 3 aromatic rings. The molecule has 1 amide bonds. The Balaban J connectivity index is 1.43. The Morgan fingerprint density at radius 3 is 2.31 bits per heavy atom. The maximum atomic E-state index is 13.0. The number of aromatic nitrogens is 2. The molecule has 0 atom stereocenters. The lowest BCUT2D eigenvalue weighted by molar-refractivity contribution is 0.0921. The van der Waals surface area contributed by atoms with E-state index in [1.165, 1.54) is 5.56 Å². The predicted octanol–water partition coefficient (Wildman–Crippen LogP) is 3.44. The van der Waals surface area contributed by atoms with Crippen molar-refractivity contribution in [3.63, 3.8) is 0 Å². The van der Waals surface area contributed by atoms with Gasteiger partial charge in [0.05, 0.1) is 0 Å². The lowest BCUT2D eigenvalue weighted by Gasteiger charge is -2.29. The van der Waals surface area contributed by atoms with Gasteiger partial charge in [0.1, 0.15) is 11.4 Å². The molecule has 0 aliphatic heterocycles. The summed E-state index contributed by atoms with van der Waals surface area (Å²) in [5.41, 5.74) is 2.16. The van der Waals surface area contributed by atoms with Crippen LogP contribution < -0.4 is 21.9 Å². The molecule has 0 spiro atoms. The summed E-state index contributed by atoms with van der Waals surface area (Å²) in [6.45, 7) is 2.36. The summed E-state index contributed by atoms with van der Waals surface area (Å²) in [7, 11) is 0. The molecule has 1 aliphatic carbocycles. The molecule has 0 radical (unpaired) electrons. The third-order valence-corrected chi connectivity index (χ3v) is 6.09. The monoisotopic (exact) mass is 432 g/mol. The van der Waals surface area contributed by atoms with E-state index in [0.29, 0.717) is 12.5 Å². The van der Waals surface area contributed by atoms with Crippen LogP contribution in [0.4, 0.5) is 5.69 Å². The lowest BCUT2D eigenvalue weighted by Crippen LogP contribution is -2.40. The van der Waals surface area contributed by atoms with Crippen molar-refractivity contribution < 1.29 is 4.79 Å². The number of nitrogens with one attached hydrogen (secondary N) is 4. The molecule has 4 rings (SSSR count). The molecule has 0 bridgehead atoms. The molecule has 1 aromatic heterocycles. The molecule has 1 fully saturated rings. The van der Waals surface area contributed by atoms with Gasteiger partial charge in [0, 0.05) is 12.6 Å². The van der Waals surface area contributed by atoms with Gasteiger partial charge in [0.2, 0.25) is 0 Å². The second-order valence-electron chi connectivity index (χ2n) is 8.43. The van der Waals surface area contributed by atoms with Crippen molar-refractivity contribution in [1.82, 2.24) is 15.3 Å². The number of rotatable bonds is 6. The highest BCUT2D eigenvalue weighted by Crippen LogP contribution is 2.32. The number of hydrogen-bond acceptors (Lipinski definition) is 4. The second kappa shape index (κ2) is 9.68. The van der Waals surface area contributed by atoms with Crippen molar-refractivity contribution in [2.24, 2.45) is 0 Å². The number of aryl methyl sites for hydroxylation is 1. The molecule has 1 aliphatic rings. The zero-order valence-electron chi connectivity index (χ0n) is 18.1. The molecular weight excluding hydrogens is 404 g/mol. The predicted molar refractivity (Wildman–Crippen MR) is 125 cm³/mol. The lowest BCUT2D eigenvalue weighted by atomic mass is 9.82. The summed E-state index contributed by atoms with van der Waals surface area (Å²) in [6, 6.07) is 18.3. The standard InChI is InChI=1S/C25H28N4O3/c1-16-7-9-17(10-8-16)15-26-21-22(28-25(32)29-23(21)30)24(31)27-20-13-11-19(12-14-20)18-5-3-2-4-6-18/h2-10,19-20,26H,11-15H2,1H3,(H,27,31)(H2,28,29,30,32)/t19-,20+. The van der Waals surface area contributed by atoms with Gasteiger partial charge in [0.15, 0.2) is 0 Å². The third kappa shape index (κ3) is 5.17. The highest BCUT2D eigenvalue weighted by Gasteiger charge is 2.25. The topological polar surface area (TPSA) is 107 Å². The van der Waals surface area contributed by atoms with E-state index in [0.717, 1.165) is 36.8 Å². The summed E-state index contributed by atoms with van der Waals surface area (Å²) >= 11 is 0. The molecular formula is C25H28N4O3. The van der Waals surface area contributed by atoms with Crippen molar-refractivity contribution in [3.8, 4) is 0 Å². The zero-order valence-corrected chi connectivity index (χ0v) is 18.1. The number of H-pyrrole nitrogens is 2. The fraction of sp³-hybridized carbons (Fsp3) is 0.320. The van der Waals surface area contributed by atoms with Gasteiger partial charge in [-0.1, -0.05) is 60.2 Å². The Morgan fingerprint density at radius 1 is 0.938 bits per heavy atom. The average molecular weight is 433 g/mol. The van der Waals surface area contributed by atoms with Gasteiger partial charge in [-0.15, -0.1) is 0 Å². The minimum Gasteiger partial charge on any atom is -0.375 e. The van der Waals surface area contributed by atoms with Crippen molar-refractivity contribution in [1.29, 1.82) is 0 Å². The minimum absolute atomic E-state index is 0.00944. The number of amides is 1. The van der Waals surface area contributed by atoms with Crippen LogP contribution in [0.5, 0.6) is 0 Å². The first-order valence-corrected chi connectivity index (χ1v) is 11.0. The van der Waals surface area contributed by atoms with Crippen molar-refractivity contribution in [3.05, 3.63) is 97.8 Å². The Kier molecular flexibility index (Phi) is 6.54. The van der Waals surface area contributed by atoms with Crippen LogP contribution >= 0.6 is 0 Å². The zero-order chi connectivity index (χ0) is 22.5. The number of carbonyl (C=O) groups excluding carboxylic acids is 1. The fourth-order valence-electron chi connectivity index (χ4n) is 4.28. The molecule has 7 nitrogen and oxygen atoms in total. The van der Waals surface area contributed by atoms with Crippen LogP contribution in [-0.4, -0.2) is 21.9 Å².